The minimum Gasteiger partial charge on any atom is -0.287 e. The van der Waals surface area contributed by atoms with Gasteiger partial charge in [0.2, 0.25) is 0 Å². The molecule has 0 saturated heterocycles. The lowest BCUT2D eigenvalue weighted by atomic mass is 9.95. The summed E-state index contributed by atoms with van der Waals surface area (Å²) in [5, 5.41) is 0. The zero-order valence-electron chi connectivity index (χ0n) is 12.4. The Balaban J connectivity index is 1.94. The lowest BCUT2D eigenvalue weighted by molar-refractivity contribution is 0.759. The molecule has 0 unspecified atom stereocenters. The van der Waals surface area contributed by atoms with Crippen molar-refractivity contribution in [3.63, 3.8) is 0 Å². The molecule has 1 aliphatic heterocycles. The van der Waals surface area contributed by atoms with Crippen molar-refractivity contribution in [2.75, 3.05) is 0 Å². The van der Waals surface area contributed by atoms with E-state index in [1.54, 1.807) is 0 Å². The highest BCUT2D eigenvalue weighted by Crippen LogP contribution is 2.35. The van der Waals surface area contributed by atoms with Crippen LogP contribution < -0.4 is 5.69 Å². The van der Waals surface area contributed by atoms with Gasteiger partial charge in [0.15, 0.2) is 0 Å². The van der Waals surface area contributed by atoms with Gasteiger partial charge in [0.1, 0.15) is 0 Å². The number of aromatic nitrogens is 2. The number of rotatable bonds is 1. The standard InChI is InChI=1S/C20H14N2O/c23-20-21-13-14-7-4-5-10-16(14)17-11-6-12-18(19(17)21)22(20)15-8-2-1-3-9-15/h1-12H,13H2. The van der Waals surface area contributed by atoms with Crippen molar-refractivity contribution in [2.24, 2.45) is 0 Å². The monoisotopic (exact) mass is 298 g/mol. The molecule has 2 heterocycles. The number of para-hydroxylation sites is 2. The fourth-order valence-electron chi connectivity index (χ4n) is 3.60. The predicted octanol–water partition coefficient (Wildman–Crippen LogP) is 3.82. The van der Waals surface area contributed by atoms with Gasteiger partial charge in [-0.05, 0) is 29.3 Å². The van der Waals surface area contributed by atoms with Gasteiger partial charge in [0, 0.05) is 5.56 Å². The average Bonchev–Trinajstić information content (AvgIpc) is 2.89. The highest BCUT2D eigenvalue weighted by Gasteiger charge is 2.23. The first kappa shape index (κ1) is 12.5. The van der Waals surface area contributed by atoms with Crippen molar-refractivity contribution >= 4 is 11.0 Å². The van der Waals surface area contributed by atoms with E-state index in [2.05, 4.69) is 24.3 Å². The molecule has 4 aromatic rings. The van der Waals surface area contributed by atoms with Crippen LogP contribution in [0.2, 0.25) is 0 Å². The van der Waals surface area contributed by atoms with Crippen LogP contribution in [0.15, 0.2) is 77.6 Å². The van der Waals surface area contributed by atoms with Crippen LogP contribution >= 0.6 is 0 Å². The Hall–Kier alpha value is -3.07. The summed E-state index contributed by atoms with van der Waals surface area (Å²) in [6.07, 6.45) is 0. The smallest absolute Gasteiger partial charge is 0.287 e. The van der Waals surface area contributed by atoms with Crippen molar-refractivity contribution in [3.05, 3.63) is 88.8 Å². The SMILES string of the molecule is O=c1n2c3c(cccc3n1-c1ccccc1)-c1ccccc1C2. The van der Waals surface area contributed by atoms with Crippen molar-refractivity contribution in [1.82, 2.24) is 9.13 Å². The second-order valence-electron chi connectivity index (χ2n) is 5.87. The Morgan fingerprint density at radius 1 is 0.739 bits per heavy atom. The maximum absolute atomic E-state index is 13.0. The van der Waals surface area contributed by atoms with Gasteiger partial charge in [-0.25, -0.2) is 4.79 Å². The van der Waals surface area contributed by atoms with Gasteiger partial charge in [-0.3, -0.25) is 9.13 Å². The van der Waals surface area contributed by atoms with Gasteiger partial charge in [0.25, 0.3) is 0 Å². The average molecular weight is 298 g/mol. The molecular formula is C20H14N2O. The number of benzene rings is 3. The number of imidazole rings is 1. The predicted molar refractivity (Wildman–Crippen MR) is 92.1 cm³/mol. The molecule has 0 spiro atoms. The van der Waals surface area contributed by atoms with Crippen LogP contribution in [0.25, 0.3) is 27.8 Å². The van der Waals surface area contributed by atoms with E-state index in [4.69, 9.17) is 0 Å². The number of hydrogen-bond acceptors (Lipinski definition) is 1. The maximum atomic E-state index is 13.0. The lowest BCUT2D eigenvalue weighted by Crippen LogP contribution is -2.25. The molecule has 5 rings (SSSR count). The van der Waals surface area contributed by atoms with Gasteiger partial charge < -0.3 is 0 Å². The number of nitrogens with zero attached hydrogens (tertiary/aromatic N) is 2. The van der Waals surface area contributed by atoms with Gasteiger partial charge in [-0.1, -0.05) is 54.6 Å². The highest BCUT2D eigenvalue weighted by molar-refractivity contribution is 5.95. The Kier molecular flexibility index (Phi) is 2.42. The van der Waals surface area contributed by atoms with Gasteiger partial charge in [-0.15, -0.1) is 0 Å². The van der Waals surface area contributed by atoms with E-state index >= 15 is 0 Å². The highest BCUT2D eigenvalue weighted by atomic mass is 16.1. The maximum Gasteiger partial charge on any atom is 0.334 e. The Morgan fingerprint density at radius 3 is 2.35 bits per heavy atom. The minimum atomic E-state index is 0.0214. The second kappa shape index (κ2) is 4.46. The Labute approximate surface area is 133 Å². The zero-order chi connectivity index (χ0) is 15.4. The van der Waals surface area contributed by atoms with Gasteiger partial charge >= 0.3 is 5.69 Å². The Morgan fingerprint density at radius 2 is 1.48 bits per heavy atom. The van der Waals surface area contributed by atoms with Crippen LogP contribution in [-0.2, 0) is 6.54 Å². The molecule has 0 N–H and O–H groups in total. The van der Waals surface area contributed by atoms with E-state index in [0.29, 0.717) is 6.54 Å². The lowest BCUT2D eigenvalue weighted by Gasteiger charge is -2.17. The molecule has 110 valence electrons. The molecule has 3 nitrogen and oxygen atoms in total. The first-order chi connectivity index (χ1) is 11.3. The summed E-state index contributed by atoms with van der Waals surface area (Å²) in [5.41, 5.74) is 6.48. The van der Waals surface area contributed by atoms with Crippen molar-refractivity contribution in [3.8, 4) is 16.8 Å². The van der Waals surface area contributed by atoms with E-state index in [1.165, 1.54) is 11.1 Å². The molecule has 0 fully saturated rings. The first-order valence-electron chi connectivity index (χ1n) is 7.72. The second-order valence-corrected chi connectivity index (χ2v) is 5.87. The van der Waals surface area contributed by atoms with Crippen LogP contribution in [-0.4, -0.2) is 9.13 Å². The molecule has 23 heavy (non-hydrogen) atoms. The van der Waals surface area contributed by atoms with Crippen LogP contribution in [0.1, 0.15) is 5.56 Å². The molecule has 0 saturated carbocycles. The summed E-state index contributed by atoms with van der Waals surface area (Å²) in [6.45, 7) is 0.627. The van der Waals surface area contributed by atoms with Crippen LogP contribution in [0.4, 0.5) is 0 Å². The van der Waals surface area contributed by atoms with Gasteiger partial charge in [0.05, 0.1) is 23.3 Å². The fraction of sp³-hybridized carbons (Fsp3) is 0.0500. The summed E-state index contributed by atoms with van der Waals surface area (Å²) in [4.78, 5) is 13.0. The number of fused-ring (bicyclic) bond motifs is 2. The van der Waals surface area contributed by atoms with Crippen LogP contribution in [0.5, 0.6) is 0 Å². The summed E-state index contributed by atoms with van der Waals surface area (Å²) in [7, 11) is 0. The summed E-state index contributed by atoms with van der Waals surface area (Å²) in [6, 6.07) is 24.3. The zero-order valence-corrected chi connectivity index (χ0v) is 12.4. The molecule has 0 atom stereocenters. The molecule has 0 bridgehead atoms. The Bertz CT molecular complexity index is 1100. The molecule has 3 aromatic carbocycles. The molecule has 1 aromatic heterocycles. The molecule has 0 aliphatic carbocycles. The van der Waals surface area contributed by atoms with Crippen molar-refractivity contribution < 1.29 is 0 Å². The van der Waals surface area contributed by atoms with E-state index in [-0.39, 0.29) is 5.69 Å². The van der Waals surface area contributed by atoms with E-state index < -0.39 is 0 Å². The van der Waals surface area contributed by atoms with Crippen LogP contribution in [0, 0.1) is 0 Å². The molecule has 3 heteroatoms. The molecule has 0 amide bonds. The third-order valence-corrected chi connectivity index (χ3v) is 4.60. The largest absolute Gasteiger partial charge is 0.334 e. The van der Waals surface area contributed by atoms with Gasteiger partial charge in [-0.2, -0.15) is 0 Å². The third kappa shape index (κ3) is 1.62. The summed E-state index contributed by atoms with van der Waals surface area (Å²) >= 11 is 0. The summed E-state index contributed by atoms with van der Waals surface area (Å²) in [5.74, 6) is 0. The molecule has 1 aliphatic rings. The molecular weight excluding hydrogens is 284 g/mol. The van der Waals surface area contributed by atoms with E-state index in [1.807, 2.05) is 57.7 Å². The summed E-state index contributed by atoms with van der Waals surface area (Å²) < 4.78 is 3.70. The van der Waals surface area contributed by atoms with Crippen molar-refractivity contribution in [2.45, 2.75) is 6.54 Å². The normalized spacial score (nSPS) is 12.3. The fourth-order valence-corrected chi connectivity index (χ4v) is 3.60. The minimum absolute atomic E-state index is 0.0214. The topological polar surface area (TPSA) is 26.9 Å². The quantitative estimate of drug-likeness (QED) is 0.462. The van der Waals surface area contributed by atoms with E-state index in [9.17, 15) is 4.79 Å². The van der Waals surface area contributed by atoms with Crippen LogP contribution in [0.3, 0.4) is 0 Å². The molecule has 0 radical (unpaired) electrons. The van der Waals surface area contributed by atoms with Crippen molar-refractivity contribution in [1.29, 1.82) is 0 Å². The van der Waals surface area contributed by atoms with E-state index in [0.717, 1.165) is 22.3 Å². The number of hydrogen-bond donors (Lipinski definition) is 0. The first-order valence-corrected chi connectivity index (χ1v) is 7.72. The third-order valence-electron chi connectivity index (χ3n) is 4.60.